The first kappa shape index (κ1) is 14.9. The van der Waals surface area contributed by atoms with Crippen LogP contribution >= 0.6 is 11.6 Å². The van der Waals surface area contributed by atoms with Crippen molar-refractivity contribution in [2.75, 3.05) is 38.6 Å². The van der Waals surface area contributed by atoms with E-state index in [9.17, 15) is 15.0 Å². The highest BCUT2D eigenvalue weighted by Gasteiger charge is 2.20. The third kappa shape index (κ3) is 3.77. The topological polar surface area (TPSA) is 64.0 Å². The van der Waals surface area contributed by atoms with Crippen molar-refractivity contribution in [3.05, 3.63) is 23.8 Å². The predicted molar refractivity (Wildman–Crippen MR) is 77.5 cm³/mol. The molecule has 1 amide bonds. The summed E-state index contributed by atoms with van der Waals surface area (Å²) < 4.78 is 0. The fourth-order valence-electron chi connectivity index (χ4n) is 2.42. The van der Waals surface area contributed by atoms with Crippen LogP contribution < -0.4 is 0 Å². The van der Waals surface area contributed by atoms with Crippen LogP contribution in [0.25, 0.3) is 0 Å². The Balaban J connectivity index is 2.05. The van der Waals surface area contributed by atoms with Crippen molar-refractivity contribution >= 4 is 17.5 Å². The molecule has 0 atom stereocenters. The van der Waals surface area contributed by atoms with Gasteiger partial charge in [-0.05, 0) is 25.1 Å². The first-order chi connectivity index (χ1) is 9.60. The van der Waals surface area contributed by atoms with Gasteiger partial charge in [0.15, 0.2) is 0 Å². The van der Waals surface area contributed by atoms with Gasteiger partial charge in [-0.2, -0.15) is 0 Å². The summed E-state index contributed by atoms with van der Waals surface area (Å²) in [6.45, 7) is 3.86. The fourth-order valence-corrected chi connectivity index (χ4v) is 2.66. The molecule has 1 aromatic rings. The molecule has 5 nitrogen and oxygen atoms in total. The van der Waals surface area contributed by atoms with Crippen LogP contribution in [0.15, 0.2) is 18.2 Å². The highest BCUT2D eigenvalue weighted by molar-refractivity contribution is 6.18. The maximum absolute atomic E-state index is 12.4. The normalized spacial score (nSPS) is 16.9. The maximum atomic E-state index is 12.4. The lowest BCUT2D eigenvalue weighted by molar-refractivity contribution is 0.0761. The minimum absolute atomic E-state index is 0.105. The van der Waals surface area contributed by atoms with Gasteiger partial charge in [0.1, 0.15) is 11.5 Å². The van der Waals surface area contributed by atoms with Gasteiger partial charge < -0.3 is 20.0 Å². The zero-order valence-corrected chi connectivity index (χ0v) is 12.0. The number of benzene rings is 1. The Kier molecular flexibility index (Phi) is 5.09. The molecule has 1 aliphatic heterocycles. The van der Waals surface area contributed by atoms with Crippen molar-refractivity contribution in [1.82, 2.24) is 9.80 Å². The molecule has 1 saturated heterocycles. The molecule has 2 N–H and O–H groups in total. The van der Waals surface area contributed by atoms with Crippen LogP contribution in [0.5, 0.6) is 11.5 Å². The van der Waals surface area contributed by atoms with Gasteiger partial charge in [0, 0.05) is 43.7 Å². The van der Waals surface area contributed by atoms with Gasteiger partial charge in [0.25, 0.3) is 5.91 Å². The Labute approximate surface area is 123 Å². The number of alkyl halides is 1. The number of carbonyl (C=O) groups excluding carboxylic acids is 1. The second-order valence-corrected chi connectivity index (χ2v) is 5.29. The number of phenols is 2. The minimum Gasteiger partial charge on any atom is -0.508 e. The summed E-state index contributed by atoms with van der Waals surface area (Å²) in [5.74, 6) is 0.219. The molecule has 0 aliphatic carbocycles. The average molecular weight is 299 g/mol. The van der Waals surface area contributed by atoms with Crippen LogP contribution in [0, 0.1) is 0 Å². The molecule has 110 valence electrons. The molecule has 0 radical (unpaired) electrons. The largest absolute Gasteiger partial charge is 0.508 e. The molecule has 20 heavy (non-hydrogen) atoms. The van der Waals surface area contributed by atoms with Gasteiger partial charge >= 0.3 is 0 Å². The Morgan fingerprint density at radius 2 is 1.80 bits per heavy atom. The lowest BCUT2D eigenvalue weighted by Crippen LogP contribution is -2.35. The summed E-state index contributed by atoms with van der Waals surface area (Å²) in [5, 5.41) is 18.9. The summed E-state index contributed by atoms with van der Waals surface area (Å²) in [6.07, 6.45) is 0.896. The molecule has 0 aromatic heterocycles. The number of halogens is 1. The smallest absolute Gasteiger partial charge is 0.254 e. The SMILES string of the molecule is O=C(c1cc(O)cc(O)c1)N1CCCN(CCCl)CC1. The van der Waals surface area contributed by atoms with Crippen molar-refractivity contribution in [3.63, 3.8) is 0 Å². The summed E-state index contributed by atoms with van der Waals surface area (Å²) in [5.41, 5.74) is 0.313. The van der Waals surface area contributed by atoms with Crippen LogP contribution in [0.4, 0.5) is 0 Å². The van der Waals surface area contributed by atoms with E-state index in [1.165, 1.54) is 18.2 Å². The summed E-state index contributed by atoms with van der Waals surface area (Å²) >= 11 is 5.74. The lowest BCUT2D eigenvalue weighted by atomic mass is 10.1. The summed E-state index contributed by atoms with van der Waals surface area (Å²) in [7, 11) is 0. The fraction of sp³-hybridized carbons (Fsp3) is 0.500. The van der Waals surface area contributed by atoms with Gasteiger partial charge in [-0.1, -0.05) is 0 Å². The first-order valence-electron chi connectivity index (χ1n) is 6.71. The van der Waals surface area contributed by atoms with E-state index in [4.69, 9.17) is 11.6 Å². The molecule has 6 heteroatoms. The monoisotopic (exact) mass is 298 g/mol. The zero-order valence-electron chi connectivity index (χ0n) is 11.3. The van der Waals surface area contributed by atoms with Gasteiger partial charge in [-0.3, -0.25) is 4.79 Å². The molecule has 0 bridgehead atoms. The Morgan fingerprint density at radius 3 is 2.45 bits per heavy atom. The molecule has 0 saturated carbocycles. The summed E-state index contributed by atoms with van der Waals surface area (Å²) in [4.78, 5) is 16.4. The minimum atomic E-state index is -0.163. The maximum Gasteiger partial charge on any atom is 0.254 e. The number of amides is 1. The Hall–Kier alpha value is -1.46. The molecular weight excluding hydrogens is 280 g/mol. The standard InChI is InChI=1S/C14H19ClN2O3/c15-2-5-16-3-1-4-17(7-6-16)14(20)11-8-12(18)10-13(19)9-11/h8-10,18-19H,1-7H2. The second kappa shape index (κ2) is 6.81. The molecule has 2 rings (SSSR count). The summed E-state index contributed by atoms with van der Waals surface area (Å²) in [6, 6.07) is 3.97. The molecular formula is C14H19ClN2O3. The first-order valence-corrected chi connectivity index (χ1v) is 7.24. The van der Waals surface area contributed by atoms with Crippen LogP contribution in [0.1, 0.15) is 16.8 Å². The molecule has 0 spiro atoms. The van der Waals surface area contributed by atoms with Crippen molar-refractivity contribution in [2.24, 2.45) is 0 Å². The van der Waals surface area contributed by atoms with Gasteiger partial charge in [-0.15, -0.1) is 11.6 Å². The van der Waals surface area contributed by atoms with E-state index in [-0.39, 0.29) is 17.4 Å². The molecule has 1 heterocycles. The number of hydrogen-bond acceptors (Lipinski definition) is 4. The van der Waals surface area contributed by atoms with E-state index in [0.29, 0.717) is 24.5 Å². The van der Waals surface area contributed by atoms with Gasteiger partial charge in [0.2, 0.25) is 0 Å². The number of aromatic hydroxyl groups is 2. The Morgan fingerprint density at radius 1 is 1.10 bits per heavy atom. The number of nitrogens with zero attached hydrogens (tertiary/aromatic N) is 2. The highest BCUT2D eigenvalue weighted by atomic mass is 35.5. The van der Waals surface area contributed by atoms with Crippen LogP contribution in [0.3, 0.4) is 0 Å². The number of carbonyl (C=O) groups is 1. The van der Waals surface area contributed by atoms with E-state index in [2.05, 4.69) is 4.90 Å². The van der Waals surface area contributed by atoms with Gasteiger partial charge in [0.05, 0.1) is 0 Å². The number of rotatable bonds is 3. The third-order valence-electron chi connectivity index (χ3n) is 3.43. The van der Waals surface area contributed by atoms with E-state index >= 15 is 0 Å². The van der Waals surface area contributed by atoms with Crippen molar-refractivity contribution in [3.8, 4) is 11.5 Å². The predicted octanol–water partition coefficient (Wildman–Crippen LogP) is 1.48. The number of hydrogen-bond donors (Lipinski definition) is 2. The lowest BCUT2D eigenvalue weighted by Gasteiger charge is -2.21. The third-order valence-corrected chi connectivity index (χ3v) is 3.59. The second-order valence-electron chi connectivity index (χ2n) is 4.91. The molecule has 1 fully saturated rings. The van der Waals surface area contributed by atoms with Gasteiger partial charge in [-0.25, -0.2) is 0 Å². The molecule has 0 unspecified atom stereocenters. The van der Waals surface area contributed by atoms with Crippen molar-refractivity contribution in [2.45, 2.75) is 6.42 Å². The van der Waals surface area contributed by atoms with Crippen LogP contribution in [0.2, 0.25) is 0 Å². The number of phenolic OH excluding ortho intramolecular Hbond substituents is 2. The van der Waals surface area contributed by atoms with E-state index in [1.807, 2.05) is 0 Å². The van der Waals surface area contributed by atoms with Crippen LogP contribution in [-0.4, -0.2) is 64.5 Å². The van der Waals surface area contributed by atoms with Crippen molar-refractivity contribution < 1.29 is 15.0 Å². The van der Waals surface area contributed by atoms with Crippen molar-refractivity contribution in [1.29, 1.82) is 0 Å². The average Bonchev–Trinajstić information content (AvgIpc) is 2.63. The zero-order chi connectivity index (χ0) is 14.5. The molecule has 1 aromatic carbocycles. The quantitative estimate of drug-likeness (QED) is 0.830. The van der Waals surface area contributed by atoms with E-state index in [1.54, 1.807) is 4.90 Å². The van der Waals surface area contributed by atoms with E-state index in [0.717, 1.165) is 26.1 Å². The highest BCUT2D eigenvalue weighted by Crippen LogP contribution is 2.21. The van der Waals surface area contributed by atoms with Crippen LogP contribution in [-0.2, 0) is 0 Å². The molecule has 1 aliphatic rings. The van der Waals surface area contributed by atoms with E-state index < -0.39 is 0 Å². The Bertz CT molecular complexity index is 461.